The van der Waals surface area contributed by atoms with E-state index < -0.39 is 0 Å². The molecule has 2 nitrogen and oxygen atoms in total. The molecular weight excluding hydrogens is 172 g/mol. The third kappa shape index (κ3) is 1.09. The van der Waals surface area contributed by atoms with Crippen LogP contribution >= 0.6 is 0 Å². The van der Waals surface area contributed by atoms with Crippen molar-refractivity contribution in [1.29, 1.82) is 5.26 Å². The first-order valence-electron chi connectivity index (χ1n) is 4.92. The van der Waals surface area contributed by atoms with E-state index in [1.807, 2.05) is 6.92 Å². The van der Waals surface area contributed by atoms with Gasteiger partial charge in [0.25, 0.3) is 0 Å². The average Bonchev–Trinajstić information content (AvgIpc) is 2.39. The summed E-state index contributed by atoms with van der Waals surface area (Å²) >= 11 is 0. The summed E-state index contributed by atoms with van der Waals surface area (Å²) in [5.41, 5.74) is 5.69. The SMILES string of the molecule is CC1=Cc2c(C#N)c(C)c(C)n2CC1. The molecule has 1 aromatic heterocycles. The standard InChI is InChI=1S/C12H14N2/c1-8-4-5-14-10(3)9(2)11(7-13)12(14)6-8/h6H,4-5H2,1-3H3. The van der Waals surface area contributed by atoms with Crippen molar-refractivity contribution in [2.24, 2.45) is 0 Å². The van der Waals surface area contributed by atoms with Crippen LogP contribution in [0.15, 0.2) is 5.57 Å². The van der Waals surface area contributed by atoms with E-state index >= 15 is 0 Å². The summed E-state index contributed by atoms with van der Waals surface area (Å²) in [5, 5.41) is 9.08. The largest absolute Gasteiger partial charge is 0.344 e. The minimum Gasteiger partial charge on any atom is -0.344 e. The molecule has 0 fully saturated rings. The summed E-state index contributed by atoms with van der Waals surface area (Å²) in [5.74, 6) is 0. The fourth-order valence-electron chi connectivity index (χ4n) is 2.06. The number of nitriles is 1. The van der Waals surface area contributed by atoms with Crippen LogP contribution in [0.4, 0.5) is 0 Å². The summed E-state index contributed by atoms with van der Waals surface area (Å²) in [6.07, 6.45) is 3.24. The highest BCUT2D eigenvalue weighted by molar-refractivity contribution is 5.63. The first-order chi connectivity index (χ1) is 6.65. The quantitative estimate of drug-likeness (QED) is 0.612. The van der Waals surface area contributed by atoms with Crippen LogP contribution in [-0.4, -0.2) is 4.57 Å². The third-order valence-electron chi connectivity index (χ3n) is 3.09. The van der Waals surface area contributed by atoms with Gasteiger partial charge in [0, 0.05) is 12.2 Å². The van der Waals surface area contributed by atoms with Crippen LogP contribution in [0.1, 0.15) is 35.9 Å². The first-order valence-corrected chi connectivity index (χ1v) is 4.92. The van der Waals surface area contributed by atoms with Gasteiger partial charge in [-0.1, -0.05) is 5.57 Å². The van der Waals surface area contributed by atoms with Crippen molar-refractivity contribution in [3.63, 3.8) is 0 Å². The molecule has 0 bridgehead atoms. The van der Waals surface area contributed by atoms with Gasteiger partial charge in [-0.3, -0.25) is 0 Å². The zero-order valence-electron chi connectivity index (χ0n) is 8.89. The molecule has 2 heteroatoms. The molecule has 0 saturated heterocycles. The van der Waals surface area contributed by atoms with Crippen LogP contribution in [0.25, 0.3) is 6.08 Å². The smallest absolute Gasteiger partial charge is 0.102 e. The highest BCUT2D eigenvalue weighted by Crippen LogP contribution is 2.28. The highest BCUT2D eigenvalue weighted by atomic mass is 15.0. The number of nitrogens with zero attached hydrogens (tertiary/aromatic N) is 2. The summed E-state index contributed by atoms with van der Waals surface area (Å²) in [6, 6.07) is 2.30. The molecule has 72 valence electrons. The maximum absolute atomic E-state index is 9.08. The Morgan fingerprint density at radius 3 is 2.71 bits per heavy atom. The molecule has 0 saturated carbocycles. The Balaban J connectivity index is 2.73. The molecule has 2 heterocycles. The lowest BCUT2D eigenvalue weighted by atomic mass is 10.1. The van der Waals surface area contributed by atoms with E-state index in [0.717, 1.165) is 29.8 Å². The van der Waals surface area contributed by atoms with Crippen molar-refractivity contribution in [2.75, 3.05) is 0 Å². The normalized spacial score (nSPS) is 14.6. The molecule has 0 aromatic carbocycles. The lowest BCUT2D eigenvalue weighted by molar-refractivity contribution is 0.658. The highest BCUT2D eigenvalue weighted by Gasteiger charge is 2.18. The second-order valence-electron chi connectivity index (χ2n) is 3.97. The maximum atomic E-state index is 9.08. The molecular formula is C12H14N2. The summed E-state index contributed by atoms with van der Waals surface area (Å²) in [7, 11) is 0. The van der Waals surface area contributed by atoms with Crippen molar-refractivity contribution >= 4 is 6.08 Å². The van der Waals surface area contributed by atoms with Gasteiger partial charge >= 0.3 is 0 Å². The predicted molar refractivity (Wildman–Crippen MR) is 56.9 cm³/mol. The average molecular weight is 186 g/mol. The maximum Gasteiger partial charge on any atom is 0.102 e. The van der Waals surface area contributed by atoms with E-state index in [4.69, 9.17) is 5.26 Å². The topological polar surface area (TPSA) is 28.7 Å². The Labute approximate surface area is 84.5 Å². The van der Waals surface area contributed by atoms with E-state index in [2.05, 4.69) is 30.6 Å². The number of hydrogen-bond donors (Lipinski definition) is 0. The van der Waals surface area contributed by atoms with Gasteiger partial charge in [-0.05, 0) is 38.8 Å². The van der Waals surface area contributed by atoms with Crippen LogP contribution in [0.2, 0.25) is 0 Å². The number of rotatable bonds is 0. The zero-order valence-corrected chi connectivity index (χ0v) is 8.89. The molecule has 0 spiro atoms. The Bertz CT molecular complexity index is 456. The van der Waals surface area contributed by atoms with Gasteiger partial charge in [0.05, 0.1) is 11.3 Å². The molecule has 1 aliphatic rings. The van der Waals surface area contributed by atoms with Gasteiger partial charge in [-0.2, -0.15) is 5.26 Å². The van der Waals surface area contributed by atoms with Gasteiger partial charge in [0.1, 0.15) is 6.07 Å². The first kappa shape index (κ1) is 9.08. The molecule has 1 aliphatic heterocycles. The van der Waals surface area contributed by atoms with Crippen LogP contribution in [0.3, 0.4) is 0 Å². The molecule has 0 N–H and O–H groups in total. The lowest BCUT2D eigenvalue weighted by Crippen LogP contribution is -2.07. The summed E-state index contributed by atoms with van der Waals surface area (Å²) in [4.78, 5) is 0. The number of allylic oxidation sites excluding steroid dienone is 1. The second kappa shape index (κ2) is 3.02. The Morgan fingerprint density at radius 1 is 1.36 bits per heavy atom. The molecule has 0 aliphatic carbocycles. The number of hydrogen-bond acceptors (Lipinski definition) is 1. The summed E-state index contributed by atoms with van der Waals surface area (Å²) < 4.78 is 2.25. The molecule has 0 amide bonds. The van der Waals surface area contributed by atoms with Crippen molar-refractivity contribution in [1.82, 2.24) is 4.57 Å². The molecule has 0 unspecified atom stereocenters. The van der Waals surface area contributed by atoms with Gasteiger partial charge in [0.2, 0.25) is 0 Å². The molecule has 14 heavy (non-hydrogen) atoms. The van der Waals surface area contributed by atoms with E-state index in [9.17, 15) is 0 Å². The van der Waals surface area contributed by atoms with Crippen molar-refractivity contribution < 1.29 is 0 Å². The van der Waals surface area contributed by atoms with Crippen molar-refractivity contribution in [3.8, 4) is 6.07 Å². The Kier molecular flexibility index (Phi) is 1.96. The van der Waals surface area contributed by atoms with Crippen LogP contribution in [0, 0.1) is 25.2 Å². The van der Waals surface area contributed by atoms with E-state index in [0.29, 0.717) is 0 Å². The van der Waals surface area contributed by atoms with Gasteiger partial charge in [-0.25, -0.2) is 0 Å². The van der Waals surface area contributed by atoms with Crippen LogP contribution in [-0.2, 0) is 6.54 Å². The third-order valence-corrected chi connectivity index (χ3v) is 3.09. The Hall–Kier alpha value is -1.49. The molecule has 0 atom stereocenters. The van der Waals surface area contributed by atoms with E-state index in [1.54, 1.807) is 0 Å². The van der Waals surface area contributed by atoms with E-state index in [1.165, 1.54) is 11.3 Å². The van der Waals surface area contributed by atoms with Crippen molar-refractivity contribution in [2.45, 2.75) is 33.7 Å². The second-order valence-corrected chi connectivity index (χ2v) is 3.97. The fraction of sp³-hybridized carbons (Fsp3) is 0.417. The predicted octanol–water partition coefficient (Wildman–Crippen LogP) is 2.78. The number of fused-ring (bicyclic) bond motifs is 1. The minimum atomic E-state index is 0.849. The Morgan fingerprint density at radius 2 is 2.07 bits per heavy atom. The molecule has 0 radical (unpaired) electrons. The van der Waals surface area contributed by atoms with Crippen LogP contribution in [0.5, 0.6) is 0 Å². The molecule has 2 rings (SSSR count). The van der Waals surface area contributed by atoms with Crippen LogP contribution < -0.4 is 0 Å². The minimum absolute atomic E-state index is 0.849. The zero-order chi connectivity index (χ0) is 10.3. The van der Waals surface area contributed by atoms with Gasteiger partial charge < -0.3 is 4.57 Å². The van der Waals surface area contributed by atoms with Crippen molar-refractivity contribution in [3.05, 3.63) is 28.1 Å². The molecule has 1 aromatic rings. The van der Waals surface area contributed by atoms with Gasteiger partial charge in [0.15, 0.2) is 0 Å². The monoisotopic (exact) mass is 186 g/mol. The van der Waals surface area contributed by atoms with Gasteiger partial charge in [-0.15, -0.1) is 0 Å². The summed E-state index contributed by atoms with van der Waals surface area (Å²) in [6.45, 7) is 7.27. The lowest BCUT2D eigenvalue weighted by Gasteiger charge is -2.15. The number of aromatic nitrogens is 1. The van der Waals surface area contributed by atoms with E-state index in [-0.39, 0.29) is 0 Å². The fourth-order valence-corrected chi connectivity index (χ4v) is 2.06.